The molecule has 0 aliphatic rings. The summed E-state index contributed by atoms with van der Waals surface area (Å²) in [5, 5.41) is 11.1. The lowest BCUT2D eigenvalue weighted by Gasteiger charge is -2.11. The average Bonchev–Trinajstić information content (AvgIpc) is 2.55. The van der Waals surface area contributed by atoms with Crippen molar-refractivity contribution in [2.24, 2.45) is 0 Å². The zero-order valence-electron chi connectivity index (χ0n) is 8.25. The van der Waals surface area contributed by atoms with Gasteiger partial charge in [-0.1, -0.05) is 46.4 Å². The molecule has 1 aromatic carbocycles. The van der Waals surface area contributed by atoms with Gasteiger partial charge >= 0.3 is 0 Å². The number of hydrogen-bond acceptors (Lipinski definition) is 2. The molecule has 6 heteroatoms. The van der Waals surface area contributed by atoms with Crippen LogP contribution in [0.5, 0.6) is 0 Å². The minimum absolute atomic E-state index is 0.457. The summed E-state index contributed by atoms with van der Waals surface area (Å²) in [5.41, 5.74) is 1.14. The monoisotopic (exact) mass is 326 g/mol. The maximum atomic E-state index is 10.2. The molecule has 0 saturated carbocycles. The number of thiophene rings is 1. The van der Waals surface area contributed by atoms with E-state index in [4.69, 9.17) is 46.4 Å². The third-order valence-corrected chi connectivity index (χ3v) is 4.13. The van der Waals surface area contributed by atoms with Gasteiger partial charge in [-0.2, -0.15) is 0 Å². The second-order valence-electron chi connectivity index (χ2n) is 3.38. The van der Waals surface area contributed by atoms with Crippen LogP contribution in [0.2, 0.25) is 18.7 Å². The molecular weight excluding hydrogens is 322 g/mol. The molecule has 1 nitrogen and oxygen atoms in total. The molecular formula is C11H6Cl4OS. The summed E-state index contributed by atoms with van der Waals surface area (Å²) >= 11 is 24.8. The number of hydrogen-bond donors (Lipinski definition) is 1. The van der Waals surface area contributed by atoms with Gasteiger partial charge in [0.05, 0.1) is 4.34 Å². The maximum absolute atomic E-state index is 10.2. The van der Waals surface area contributed by atoms with Crippen molar-refractivity contribution in [1.82, 2.24) is 0 Å². The van der Waals surface area contributed by atoms with E-state index >= 15 is 0 Å². The van der Waals surface area contributed by atoms with E-state index in [0.717, 1.165) is 0 Å². The fourth-order valence-corrected chi connectivity index (χ4v) is 3.52. The highest BCUT2D eigenvalue weighted by atomic mass is 35.5. The second-order valence-corrected chi connectivity index (χ2v) is 6.54. The summed E-state index contributed by atoms with van der Waals surface area (Å²) in [6.45, 7) is 0. The predicted octanol–water partition coefficient (Wildman–Crippen LogP) is 5.44. The summed E-state index contributed by atoms with van der Waals surface area (Å²) in [5.74, 6) is 0. The van der Waals surface area contributed by atoms with Crippen LogP contribution in [-0.2, 0) is 0 Å². The SMILES string of the molecule is OC(c1cc(Cl)cc(Cl)c1)c1cc(Cl)sc1Cl. The van der Waals surface area contributed by atoms with Crippen molar-refractivity contribution in [2.75, 3.05) is 0 Å². The first-order valence-electron chi connectivity index (χ1n) is 4.56. The van der Waals surface area contributed by atoms with Crippen molar-refractivity contribution in [3.05, 3.63) is 54.1 Å². The van der Waals surface area contributed by atoms with Crippen LogP contribution < -0.4 is 0 Å². The van der Waals surface area contributed by atoms with Gasteiger partial charge in [0.15, 0.2) is 0 Å². The number of aliphatic hydroxyl groups is 1. The lowest BCUT2D eigenvalue weighted by atomic mass is 10.0. The molecule has 0 saturated heterocycles. The first kappa shape index (κ1) is 13.5. The van der Waals surface area contributed by atoms with Gasteiger partial charge in [0, 0.05) is 15.6 Å². The number of benzene rings is 1. The van der Waals surface area contributed by atoms with E-state index in [2.05, 4.69) is 0 Å². The third kappa shape index (κ3) is 3.08. The molecule has 0 amide bonds. The van der Waals surface area contributed by atoms with E-state index in [1.54, 1.807) is 24.3 Å². The highest BCUT2D eigenvalue weighted by molar-refractivity contribution is 7.20. The summed E-state index contributed by atoms with van der Waals surface area (Å²) in [4.78, 5) is 0. The van der Waals surface area contributed by atoms with Gasteiger partial charge in [0.2, 0.25) is 0 Å². The summed E-state index contributed by atoms with van der Waals surface area (Å²) in [7, 11) is 0. The number of halogens is 4. The summed E-state index contributed by atoms with van der Waals surface area (Å²) < 4.78 is 0.982. The minimum Gasteiger partial charge on any atom is -0.384 e. The molecule has 0 bridgehead atoms. The molecule has 1 N–H and O–H groups in total. The van der Waals surface area contributed by atoms with Crippen LogP contribution in [0.1, 0.15) is 17.2 Å². The zero-order chi connectivity index (χ0) is 12.6. The van der Waals surface area contributed by atoms with Gasteiger partial charge in [0.25, 0.3) is 0 Å². The van der Waals surface area contributed by atoms with Crippen molar-refractivity contribution in [3.8, 4) is 0 Å². The first-order valence-corrected chi connectivity index (χ1v) is 6.89. The van der Waals surface area contributed by atoms with E-state index in [0.29, 0.717) is 29.8 Å². The molecule has 0 aliphatic heterocycles. The molecule has 0 spiro atoms. The first-order chi connectivity index (χ1) is 7.97. The Morgan fingerprint density at radius 2 is 1.53 bits per heavy atom. The Hall–Kier alpha value is 0.0400. The van der Waals surface area contributed by atoms with Crippen LogP contribution in [0.4, 0.5) is 0 Å². The second kappa shape index (κ2) is 5.35. The van der Waals surface area contributed by atoms with Gasteiger partial charge in [-0.15, -0.1) is 11.3 Å². The predicted molar refractivity (Wildman–Crippen MR) is 74.9 cm³/mol. The fourth-order valence-electron chi connectivity index (χ4n) is 1.45. The van der Waals surface area contributed by atoms with Gasteiger partial charge in [-0.05, 0) is 29.8 Å². The van der Waals surface area contributed by atoms with Crippen LogP contribution >= 0.6 is 57.7 Å². The van der Waals surface area contributed by atoms with E-state index < -0.39 is 6.10 Å². The lowest BCUT2D eigenvalue weighted by molar-refractivity contribution is 0.221. The summed E-state index contributed by atoms with van der Waals surface area (Å²) in [6.07, 6.45) is -0.887. The maximum Gasteiger partial charge on any atom is 0.106 e. The standard InChI is InChI=1S/C11H6Cl4OS/c12-6-1-5(2-7(13)3-6)10(16)8-4-9(14)17-11(8)15/h1-4,10,16H. The van der Waals surface area contributed by atoms with E-state index in [9.17, 15) is 5.11 Å². The van der Waals surface area contributed by atoms with E-state index in [-0.39, 0.29) is 0 Å². The van der Waals surface area contributed by atoms with Crippen molar-refractivity contribution in [2.45, 2.75) is 6.10 Å². The smallest absolute Gasteiger partial charge is 0.106 e. The topological polar surface area (TPSA) is 20.2 Å². The third-order valence-electron chi connectivity index (χ3n) is 2.18. The molecule has 1 aromatic heterocycles. The molecule has 2 aromatic rings. The van der Waals surface area contributed by atoms with Gasteiger partial charge in [-0.25, -0.2) is 0 Å². The number of aliphatic hydroxyl groups excluding tert-OH is 1. The van der Waals surface area contributed by atoms with Crippen molar-refractivity contribution < 1.29 is 5.11 Å². The number of rotatable bonds is 2. The Morgan fingerprint density at radius 3 is 2.00 bits per heavy atom. The molecule has 2 rings (SSSR count). The zero-order valence-corrected chi connectivity index (χ0v) is 12.1. The molecule has 0 aliphatic carbocycles. The Balaban J connectivity index is 2.43. The largest absolute Gasteiger partial charge is 0.384 e. The van der Waals surface area contributed by atoms with Crippen LogP contribution in [-0.4, -0.2) is 5.11 Å². The quantitative estimate of drug-likeness (QED) is 0.778. The van der Waals surface area contributed by atoms with Crippen molar-refractivity contribution in [1.29, 1.82) is 0 Å². The van der Waals surface area contributed by atoms with Crippen molar-refractivity contribution in [3.63, 3.8) is 0 Å². The van der Waals surface area contributed by atoms with Crippen LogP contribution in [0.15, 0.2) is 24.3 Å². The normalized spacial score (nSPS) is 12.8. The molecule has 0 radical (unpaired) electrons. The van der Waals surface area contributed by atoms with Crippen LogP contribution in [0.3, 0.4) is 0 Å². The van der Waals surface area contributed by atoms with Gasteiger partial charge in [0.1, 0.15) is 10.4 Å². The van der Waals surface area contributed by atoms with Crippen LogP contribution in [0, 0.1) is 0 Å². The Labute approximate surface area is 123 Å². The average molecular weight is 328 g/mol. The van der Waals surface area contributed by atoms with E-state index in [1.165, 1.54) is 11.3 Å². The van der Waals surface area contributed by atoms with Crippen LogP contribution in [0.25, 0.3) is 0 Å². The molecule has 90 valence electrons. The molecule has 17 heavy (non-hydrogen) atoms. The summed E-state index contributed by atoms with van der Waals surface area (Å²) in [6, 6.07) is 6.51. The molecule has 1 unspecified atom stereocenters. The fraction of sp³-hybridized carbons (Fsp3) is 0.0909. The highest BCUT2D eigenvalue weighted by Crippen LogP contribution is 2.38. The Bertz CT molecular complexity index is 532. The molecule has 0 fully saturated rings. The van der Waals surface area contributed by atoms with Crippen molar-refractivity contribution >= 4 is 57.7 Å². The molecule has 1 heterocycles. The highest BCUT2D eigenvalue weighted by Gasteiger charge is 2.17. The minimum atomic E-state index is -0.887. The Morgan fingerprint density at radius 1 is 0.941 bits per heavy atom. The lowest BCUT2D eigenvalue weighted by Crippen LogP contribution is -1.98. The van der Waals surface area contributed by atoms with E-state index in [1.807, 2.05) is 0 Å². The van der Waals surface area contributed by atoms with Gasteiger partial charge < -0.3 is 5.11 Å². The van der Waals surface area contributed by atoms with Gasteiger partial charge in [-0.3, -0.25) is 0 Å². The Kier molecular flexibility index (Phi) is 4.24. The molecule has 1 atom stereocenters.